The van der Waals surface area contributed by atoms with Crippen LogP contribution in [-0.4, -0.2) is 5.84 Å². The number of benzene rings is 1. The highest BCUT2D eigenvalue weighted by atomic mass is 16.6. The molecular formula is C12H16N2O. The van der Waals surface area contributed by atoms with E-state index >= 15 is 0 Å². The van der Waals surface area contributed by atoms with Gasteiger partial charge in [-0.25, -0.2) is 0 Å². The fourth-order valence-electron chi connectivity index (χ4n) is 1.11. The maximum Gasteiger partial charge on any atom is 0.161 e. The minimum Gasteiger partial charge on any atom is -0.385 e. The van der Waals surface area contributed by atoms with E-state index in [-0.39, 0.29) is 0 Å². The number of hydrogen-bond acceptors (Lipinski definition) is 2. The van der Waals surface area contributed by atoms with Gasteiger partial charge < -0.3 is 10.6 Å². The van der Waals surface area contributed by atoms with Gasteiger partial charge in [0.2, 0.25) is 0 Å². The molecule has 3 heteroatoms. The van der Waals surface area contributed by atoms with Gasteiger partial charge in [0.25, 0.3) is 0 Å². The van der Waals surface area contributed by atoms with Gasteiger partial charge in [-0.05, 0) is 26.8 Å². The van der Waals surface area contributed by atoms with E-state index in [1.165, 1.54) is 5.56 Å². The Hall–Kier alpha value is -1.77. The number of rotatable bonds is 3. The molecule has 1 rings (SSSR count). The fraction of sp³-hybridized carbons (Fsp3) is 0.250. The molecule has 0 aliphatic rings. The van der Waals surface area contributed by atoms with Crippen molar-refractivity contribution in [2.75, 3.05) is 0 Å². The number of nitrogens with two attached hydrogens (primary N) is 1. The van der Waals surface area contributed by atoms with E-state index in [1.54, 1.807) is 6.92 Å². The molecule has 0 unspecified atom stereocenters. The van der Waals surface area contributed by atoms with Crippen molar-refractivity contribution < 1.29 is 4.84 Å². The van der Waals surface area contributed by atoms with Crippen LogP contribution in [0.1, 0.15) is 25.0 Å². The summed E-state index contributed by atoms with van der Waals surface area (Å²) in [6.45, 7) is 5.63. The van der Waals surface area contributed by atoms with Crippen LogP contribution >= 0.6 is 0 Å². The van der Waals surface area contributed by atoms with Crippen LogP contribution in [0.3, 0.4) is 0 Å². The van der Waals surface area contributed by atoms with Crippen LogP contribution in [0.2, 0.25) is 0 Å². The molecule has 0 aliphatic heterocycles. The average Bonchev–Trinajstić information content (AvgIpc) is 2.21. The van der Waals surface area contributed by atoms with Gasteiger partial charge in [-0.2, -0.15) is 0 Å². The van der Waals surface area contributed by atoms with Crippen LogP contribution in [0.15, 0.2) is 35.5 Å². The number of aryl methyl sites for hydroxylation is 1. The number of hydrogen-bond donors (Lipinski definition) is 1. The van der Waals surface area contributed by atoms with E-state index in [2.05, 4.69) is 5.16 Å². The molecule has 0 saturated heterocycles. The summed E-state index contributed by atoms with van der Waals surface area (Å²) in [6, 6.07) is 8.04. The summed E-state index contributed by atoms with van der Waals surface area (Å²) < 4.78 is 0. The summed E-state index contributed by atoms with van der Waals surface area (Å²) in [4.78, 5) is 5.20. The molecular weight excluding hydrogens is 188 g/mol. The maximum atomic E-state index is 5.40. The van der Waals surface area contributed by atoms with Crippen LogP contribution in [0.25, 0.3) is 5.76 Å². The monoisotopic (exact) mass is 204 g/mol. The van der Waals surface area contributed by atoms with Crippen molar-refractivity contribution >= 4 is 11.6 Å². The van der Waals surface area contributed by atoms with Crippen molar-refractivity contribution in [1.82, 2.24) is 0 Å². The van der Waals surface area contributed by atoms with Crippen molar-refractivity contribution in [3.63, 3.8) is 0 Å². The first-order valence-corrected chi connectivity index (χ1v) is 4.84. The Balaban J connectivity index is 2.85. The van der Waals surface area contributed by atoms with E-state index in [4.69, 9.17) is 10.6 Å². The number of allylic oxidation sites excluding steroid dienone is 1. The summed E-state index contributed by atoms with van der Waals surface area (Å²) in [5.74, 6) is 1.11. The van der Waals surface area contributed by atoms with Crippen molar-refractivity contribution in [3.05, 3.63) is 41.5 Å². The average molecular weight is 204 g/mol. The van der Waals surface area contributed by atoms with Crippen LogP contribution in [0.4, 0.5) is 0 Å². The summed E-state index contributed by atoms with van der Waals surface area (Å²) in [6.07, 6.45) is 1.86. The predicted molar refractivity (Wildman–Crippen MR) is 63.2 cm³/mol. The number of amidine groups is 1. The van der Waals surface area contributed by atoms with Crippen LogP contribution in [0, 0.1) is 6.92 Å². The quantitative estimate of drug-likeness (QED) is 0.356. The lowest BCUT2D eigenvalue weighted by Crippen LogP contribution is -2.05. The molecule has 15 heavy (non-hydrogen) atoms. The molecule has 0 aromatic heterocycles. The Morgan fingerprint density at radius 3 is 2.40 bits per heavy atom. The number of nitrogens with zero attached hydrogens (tertiary/aromatic N) is 1. The van der Waals surface area contributed by atoms with Gasteiger partial charge in [0.05, 0.1) is 0 Å². The highest BCUT2D eigenvalue weighted by Crippen LogP contribution is 2.16. The van der Waals surface area contributed by atoms with Crippen LogP contribution in [-0.2, 0) is 4.84 Å². The summed E-state index contributed by atoms with van der Waals surface area (Å²) in [5, 5.41) is 3.72. The molecule has 0 fully saturated rings. The fourth-order valence-corrected chi connectivity index (χ4v) is 1.11. The molecule has 0 amide bonds. The molecule has 0 spiro atoms. The largest absolute Gasteiger partial charge is 0.385 e. The third kappa shape index (κ3) is 3.46. The molecule has 1 aromatic carbocycles. The molecule has 3 nitrogen and oxygen atoms in total. The highest BCUT2D eigenvalue weighted by molar-refractivity contribution is 5.77. The van der Waals surface area contributed by atoms with Crippen molar-refractivity contribution in [2.45, 2.75) is 20.8 Å². The number of oxime groups is 1. The van der Waals surface area contributed by atoms with Crippen LogP contribution < -0.4 is 5.73 Å². The lowest BCUT2D eigenvalue weighted by Gasteiger charge is -2.04. The molecule has 0 bridgehead atoms. The first-order valence-electron chi connectivity index (χ1n) is 4.84. The van der Waals surface area contributed by atoms with E-state index in [0.717, 1.165) is 5.56 Å². The van der Waals surface area contributed by atoms with Gasteiger partial charge in [-0.3, -0.25) is 0 Å². The SMILES string of the molecule is CC=C(ON=C(C)N)c1ccc(C)cc1. The van der Waals surface area contributed by atoms with Gasteiger partial charge in [0.1, 0.15) is 5.84 Å². The molecule has 0 atom stereocenters. The van der Waals surface area contributed by atoms with Gasteiger partial charge in [0.15, 0.2) is 5.76 Å². The van der Waals surface area contributed by atoms with E-state index in [9.17, 15) is 0 Å². The van der Waals surface area contributed by atoms with Crippen molar-refractivity contribution in [1.29, 1.82) is 0 Å². The molecule has 80 valence electrons. The highest BCUT2D eigenvalue weighted by Gasteiger charge is 2.00. The second-order valence-corrected chi connectivity index (χ2v) is 3.34. The Bertz CT molecular complexity index is 373. The molecule has 0 saturated carbocycles. The van der Waals surface area contributed by atoms with E-state index < -0.39 is 0 Å². The smallest absolute Gasteiger partial charge is 0.161 e. The maximum absolute atomic E-state index is 5.40. The van der Waals surface area contributed by atoms with Crippen molar-refractivity contribution in [3.8, 4) is 0 Å². The molecule has 0 aliphatic carbocycles. The normalized spacial score (nSPS) is 12.7. The van der Waals surface area contributed by atoms with E-state index in [1.807, 2.05) is 44.2 Å². The minimum absolute atomic E-state index is 0.404. The third-order valence-corrected chi connectivity index (χ3v) is 1.89. The second-order valence-electron chi connectivity index (χ2n) is 3.34. The first kappa shape index (κ1) is 11.3. The second kappa shape index (κ2) is 5.20. The molecule has 0 heterocycles. The van der Waals surface area contributed by atoms with E-state index in [0.29, 0.717) is 11.6 Å². The molecule has 1 aromatic rings. The molecule has 2 N–H and O–H groups in total. The van der Waals surface area contributed by atoms with Crippen LogP contribution in [0.5, 0.6) is 0 Å². The Morgan fingerprint density at radius 1 is 1.33 bits per heavy atom. The zero-order valence-electron chi connectivity index (χ0n) is 9.32. The lowest BCUT2D eigenvalue weighted by molar-refractivity contribution is 0.296. The van der Waals surface area contributed by atoms with Gasteiger partial charge >= 0.3 is 0 Å². The lowest BCUT2D eigenvalue weighted by atomic mass is 10.1. The van der Waals surface area contributed by atoms with Gasteiger partial charge in [-0.1, -0.05) is 35.0 Å². The zero-order chi connectivity index (χ0) is 11.3. The molecule has 0 radical (unpaired) electrons. The zero-order valence-corrected chi connectivity index (χ0v) is 9.32. The third-order valence-electron chi connectivity index (χ3n) is 1.89. The summed E-state index contributed by atoms with van der Waals surface area (Å²) in [7, 11) is 0. The van der Waals surface area contributed by atoms with Gasteiger partial charge in [-0.15, -0.1) is 0 Å². The Morgan fingerprint density at radius 2 is 1.93 bits per heavy atom. The van der Waals surface area contributed by atoms with Gasteiger partial charge in [0, 0.05) is 5.56 Å². The Labute approximate surface area is 90.2 Å². The topological polar surface area (TPSA) is 47.6 Å². The Kier molecular flexibility index (Phi) is 3.92. The standard InChI is InChI=1S/C12H16N2O/c1-4-12(15-14-10(3)13)11-7-5-9(2)6-8-11/h4-8H,1-3H3,(H2,13,14). The summed E-state index contributed by atoms with van der Waals surface area (Å²) in [5.41, 5.74) is 7.60. The summed E-state index contributed by atoms with van der Waals surface area (Å²) >= 11 is 0. The minimum atomic E-state index is 0.404. The first-order chi connectivity index (χ1) is 7.13. The predicted octanol–water partition coefficient (Wildman–Crippen LogP) is 2.66. The van der Waals surface area contributed by atoms with Crippen molar-refractivity contribution in [2.24, 2.45) is 10.9 Å².